The molecule has 0 radical (unpaired) electrons. The van der Waals surface area contributed by atoms with E-state index in [1.165, 1.54) is 9.75 Å². The highest BCUT2D eigenvalue weighted by Crippen LogP contribution is 2.23. The number of carbonyl (C=O) groups is 1. The van der Waals surface area contributed by atoms with Crippen molar-refractivity contribution in [3.05, 3.63) is 43.8 Å². The van der Waals surface area contributed by atoms with E-state index in [1.807, 2.05) is 19.9 Å². The molecule has 16 heavy (non-hydrogen) atoms. The molecule has 0 amide bonds. The Morgan fingerprint density at radius 3 is 2.75 bits per heavy atom. The van der Waals surface area contributed by atoms with Gasteiger partial charge in [-0.2, -0.15) is 0 Å². The minimum absolute atomic E-state index is 0.281. The molecule has 0 N–H and O–H groups in total. The van der Waals surface area contributed by atoms with E-state index in [-0.39, 0.29) is 5.78 Å². The largest absolute Gasteiger partial charge is 0.293 e. The zero-order chi connectivity index (χ0) is 11.5. The number of carbonyl (C=O) groups excluding carboxylic acids is 1. The molecule has 0 bridgehead atoms. The fraction of sp³-hybridized carbons (Fsp3) is 0.308. The van der Waals surface area contributed by atoms with Gasteiger partial charge in [0.15, 0.2) is 5.78 Å². The van der Waals surface area contributed by atoms with Gasteiger partial charge in [0.05, 0.1) is 4.88 Å². The van der Waals surface area contributed by atoms with Crippen molar-refractivity contribution in [3.63, 3.8) is 0 Å². The molecule has 0 spiro atoms. The fourth-order valence-electron chi connectivity index (χ4n) is 1.72. The van der Waals surface area contributed by atoms with Crippen LogP contribution in [0.25, 0.3) is 0 Å². The molecule has 2 aromatic rings. The minimum atomic E-state index is 0.281. The van der Waals surface area contributed by atoms with Crippen LogP contribution in [0.1, 0.15) is 31.4 Å². The zero-order valence-corrected chi connectivity index (χ0v) is 11.1. The summed E-state index contributed by atoms with van der Waals surface area (Å²) in [6, 6.07) is 6.21. The maximum absolute atomic E-state index is 12.0. The van der Waals surface area contributed by atoms with Gasteiger partial charge >= 0.3 is 0 Å². The Labute approximate surface area is 104 Å². The molecule has 0 fully saturated rings. The number of hydrogen-bond donors (Lipinski definition) is 0. The van der Waals surface area contributed by atoms with Gasteiger partial charge < -0.3 is 0 Å². The molecule has 0 aliphatic rings. The van der Waals surface area contributed by atoms with Crippen LogP contribution >= 0.6 is 22.7 Å². The van der Waals surface area contributed by atoms with Crippen LogP contribution in [-0.2, 0) is 6.42 Å². The highest BCUT2D eigenvalue weighted by molar-refractivity contribution is 7.14. The molecular formula is C13H14OS2. The second-order valence-electron chi connectivity index (χ2n) is 3.87. The molecular weight excluding hydrogens is 236 g/mol. The predicted octanol–water partition coefficient (Wildman–Crippen LogP) is 4.24. The van der Waals surface area contributed by atoms with Gasteiger partial charge in [-0.15, -0.1) is 22.7 Å². The molecule has 0 aromatic carbocycles. The van der Waals surface area contributed by atoms with Crippen LogP contribution < -0.4 is 0 Å². The summed E-state index contributed by atoms with van der Waals surface area (Å²) in [5, 5.41) is 2.06. The van der Waals surface area contributed by atoms with Crippen LogP contribution in [-0.4, -0.2) is 5.78 Å². The first kappa shape index (κ1) is 11.6. The van der Waals surface area contributed by atoms with Gasteiger partial charge in [-0.1, -0.05) is 6.07 Å². The summed E-state index contributed by atoms with van der Waals surface area (Å²) in [5.41, 5.74) is 1.12. The van der Waals surface area contributed by atoms with E-state index >= 15 is 0 Å². The highest BCUT2D eigenvalue weighted by atomic mass is 32.1. The first-order valence-electron chi connectivity index (χ1n) is 5.29. The molecule has 0 saturated carbocycles. The van der Waals surface area contributed by atoms with E-state index in [9.17, 15) is 4.79 Å². The highest BCUT2D eigenvalue weighted by Gasteiger charge is 2.12. The van der Waals surface area contributed by atoms with E-state index < -0.39 is 0 Å². The van der Waals surface area contributed by atoms with Crippen LogP contribution in [0.5, 0.6) is 0 Å². The number of ketones is 1. The Hall–Kier alpha value is -0.930. The molecule has 2 rings (SSSR count). The molecule has 0 aliphatic heterocycles. The van der Waals surface area contributed by atoms with Gasteiger partial charge in [-0.25, -0.2) is 0 Å². The average Bonchev–Trinajstić information content (AvgIpc) is 2.84. The molecule has 2 heterocycles. The van der Waals surface area contributed by atoms with E-state index in [4.69, 9.17) is 0 Å². The third kappa shape index (κ3) is 2.60. The molecule has 1 nitrogen and oxygen atoms in total. The standard InChI is InChI=1S/C13H14OS2/c1-9-8-10(2)16-13(9)12(14)6-5-11-4-3-7-15-11/h3-4,7-8H,5-6H2,1-2H3. The van der Waals surface area contributed by atoms with Crippen LogP contribution in [0.2, 0.25) is 0 Å². The van der Waals surface area contributed by atoms with Crippen molar-refractivity contribution in [1.29, 1.82) is 0 Å². The molecule has 0 saturated heterocycles. The summed E-state index contributed by atoms with van der Waals surface area (Å²) in [4.78, 5) is 15.4. The van der Waals surface area contributed by atoms with Crippen molar-refractivity contribution in [1.82, 2.24) is 0 Å². The maximum Gasteiger partial charge on any atom is 0.173 e. The monoisotopic (exact) mass is 250 g/mol. The smallest absolute Gasteiger partial charge is 0.173 e. The summed E-state index contributed by atoms with van der Waals surface area (Å²) in [5.74, 6) is 0.281. The van der Waals surface area contributed by atoms with Crippen molar-refractivity contribution < 1.29 is 4.79 Å². The Morgan fingerprint density at radius 1 is 1.38 bits per heavy atom. The van der Waals surface area contributed by atoms with Crippen molar-refractivity contribution in [2.24, 2.45) is 0 Å². The van der Waals surface area contributed by atoms with Gasteiger partial charge in [-0.05, 0) is 43.3 Å². The van der Waals surface area contributed by atoms with Gasteiger partial charge in [0.1, 0.15) is 0 Å². The van der Waals surface area contributed by atoms with Crippen LogP contribution in [0, 0.1) is 13.8 Å². The third-order valence-electron chi connectivity index (χ3n) is 2.47. The fourth-order valence-corrected chi connectivity index (χ4v) is 3.43. The second kappa shape index (κ2) is 4.93. The lowest BCUT2D eigenvalue weighted by atomic mass is 10.1. The predicted molar refractivity (Wildman–Crippen MR) is 70.8 cm³/mol. The first-order chi connectivity index (χ1) is 7.66. The Balaban J connectivity index is 2.01. The number of rotatable bonds is 4. The van der Waals surface area contributed by atoms with Crippen molar-refractivity contribution >= 4 is 28.5 Å². The van der Waals surface area contributed by atoms with E-state index in [0.29, 0.717) is 6.42 Å². The van der Waals surface area contributed by atoms with Crippen molar-refractivity contribution in [3.8, 4) is 0 Å². The lowest BCUT2D eigenvalue weighted by Gasteiger charge is -1.98. The topological polar surface area (TPSA) is 17.1 Å². The zero-order valence-electron chi connectivity index (χ0n) is 9.45. The number of aryl methyl sites for hydroxylation is 3. The molecule has 0 aliphatic carbocycles. The SMILES string of the molecule is Cc1cc(C)c(C(=O)CCc2cccs2)s1. The van der Waals surface area contributed by atoms with Gasteiger partial charge in [0.2, 0.25) is 0 Å². The lowest BCUT2D eigenvalue weighted by molar-refractivity contribution is 0.0986. The van der Waals surface area contributed by atoms with Crippen molar-refractivity contribution in [2.75, 3.05) is 0 Å². The first-order valence-corrected chi connectivity index (χ1v) is 6.99. The van der Waals surface area contributed by atoms with Crippen LogP contribution in [0.4, 0.5) is 0 Å². The van der Waals surface area contributed by atoms with Gasteiger partial charge in [-0.3, -0.25) is 4.79 Å². The van der Waals surface area contributed by atoms with E-state index in [1.54, 1.807) is 22.7 Å². The Bertz CT molecular complexity index is 480. The van der Waals surface area contributed by atoms with Crippen molar-refractivity contribution in [2.45, 2.75) is 26.7 Å². The molecule has 2 aromatic heterocycles. The maximum atomic E-state index is 12.0. The summed E-state index contributed by atoms with van der Waals surface area (Å²) in [6.07, 6.45) is 1.49. The summed E-state index contributed by atoms with van der Waals surface area (Å²) in [6.45, 7) is 4.07. The molecule has 0 unspecified atom stereocenters. The second-order valence-corrected chi connectivity index (χ2v) is 6.16. The van der Waals surface area contributed by atoms with E-state index in [0.717, 1.165) is 16.9 Å². The molecule has 0 atom stereocenters. The summed E-state index contributed by atoms with van der Waals surface area (Å²) < 4.78 is 0. The van der Waals surface area contributed by atoms with Gasteiger partial charge in [0, 0.05) is 16.2 Å². The molecule has 3 heteroatoms. The number of hydrogen-bond acceptors (Lipinski definition) is 3. The number of Topliss-reactive ketones (excluding diaryl/α,β-unsaturated/α-hetero) is 1. The third-order valence-corrected chi connectivity index (χ3v) is 4.60. The Morgan fingerprint density at radius 2 is 2.19 bits per heavy atom. The van der Waals surface area contributed by atoms with E-state index in [2.05, 4.69) is 17.5 Å². The molecule has 84 valence electrons. The number of thiophene rings is 2. The van der Waals surface area contributed by atoms with Crippen LogP contribution in [0.3, 0.4) is 0 Å². The normalized spacial score (nSPS) is 10.6. The quantitative estimate of drug-likeness (QED) is 0.742. The lowest BCUT2D eigenvalue weighted by Crippen LogP contribution is -1.99. The van der Waals surface area contributed by atoms with Crippen LogP contribution in [0.15, 0.2) is 23.6 Å². The average molecular weight is 250 g/mol. The summed E-state index contributed by atoms with van der Waals surface area (Å²) in [7, 11) is 0. The summed E-state index contributed by atoms with van der Waals surface area (Å²) >= 11 is 3.33. The Kier molecular flexibility index (Phi) is 3.56. The minimum Gasteiger partial charge on any atom is -0.293 e. The van der Waals surface area contributed by atoms with Gasteiger partial charge in [0.25, 0.3) is 0 Å².